The van der Waals surface area contributed by atoms with Gasteiger partial charge in [-0.15, -0.1) is 12.4 Å². The first kappa shape index (κ1) is 19.8. The average Bonchev–Trinajstić information content (AvgIpc) is 2.58. The molecule has 5 heteroatoms. The van der Waals surface area contributed by atoms with Crippen LogP contribution in [0.1, 0.15) is 40.7 Å². The van der Waals surface area contributed by atoms with E-state index < -0.39 is 5.60 Å². The maximum absolute atomic E-state index is 12.7. The Kier molecular flexibility index (Phi) is 6.15. The predicted octanol–water partition coefficient (Wildman–Crippen LogP) is 4.88. The third-order valence-electron chi connectivity index (χ3n) is 4.88. The van der Waals surface area contributed by atoms with Crippen LogP contribution in [-0.2, 0) is 10.3 Å². The smallest absolute Gasteiger partial charge is 0.339 e. The van der Waals surface area contributed by atoms with Crippen LogP contribution in [0, 0.1) is 0 Å². The summed E-state index contributed by atoms with van der Waals surface area (Å²) in [4.78, 5) is 14.8. The highest BCUT2D eigenvalue weighted by molar-refractivity contribution is 6.30. The molecule has 1 aliphatic heterocycles. The van der Waals surface area contributed by atoms with E-state index in [1.807, 2.05) is 62.6 Å². The molecule has 0 spiro atoms. The Morgan fingerprint density at radius 3 is 2.40 bits per heavy atom. The second-order valence-electron chi connectivity index (χ2n) is 6.65. The van der Waals surface area contributed by atoms with Crippen LogP contribution in [0.2, 0.25) is 5.02 Å². The molecule has 2 aromatic carbocycles. The highest BCUT2D eigenvalue weighted by Gasteiger charge is 2.47. The van der Waals surface area contributed by atoms with Gasteiger partial charge in [0.1, 0.15) is 5.60 Å². The number of fused-ring (bicyclic) bond motifs is 1. The molecule has 134 valence electrons. The zero-order valence-electron chi connectivity index (χ0n) is 14.7. The van der Waals surface area contributed by atoms with E-state index in [0.29, 0.717) is 10.6 Å². The lowest BCUT2D eigenvalue weighted by Crippen LogP contribution is -2.43. The SMILES string of the molecule is CC1c2ccccc2C(=O)OC1(CCN(C)C)c1ccc(Cl)cc1.Cl. The quantitative estimate of drug-likeness (QED) is 0.708. The van der Waals surface area contributed by atoms with Crippen LogP contribution in [0.3, 0.4) is 0 Å². The Bertz CT molecular complexity index is 746. The van der Waals surface area contributed by atoms with Crippen molar-refractivity contribution < 1.29 is 9.53 Å². The number of ether oxygens (including phenoxy) is 1. The summed E-state index contributed by atoms with van der Waals surface area (Å²) in [6, 6.07) is 15.4. The van der Waals surface area contributed by atoms with Crippen LogP contribution in [0.5, 0.6) is 0 Å². The summed E-state index contributed by atoms with van der Waals surface area (Å²) < 4.78 is 6.08. The molecule has 0 aliphatic carbocycles. The molecule has 25 heavy (non-hydrogen) atoms. The van der Waals surface area contributed by atoms with Crippen molar-refractivity contribution in [2.24, 2.45) is 0 Å². The molecule has 0 fully saturated rings. The topological polar surface area (TPSA) is 29.5 Å². The fraction of sp³-hybridized carbons (Fsp3) is 0.350. The van der Waals surface area contributed by atoms with E-state index in [2.05, 4.69) is 11.8 Å². The lowest BCUT2D eigenvalue weighted by Gasteiger charge is -2.43. The van der Waals surface area contributed by atoms with Crippen molar-refractivity contribution in [1.29, 1.82) is 0 Å². The predicted molar refractivity (Wildman–Crippen MR) is 104 cm³/mol. The number of carbonyl (C=O) groups is 1. The molecule has 0 saturated carbocycles. The van der Waals surface area contributed by atoms with Gasteiger partial charge in [0.15, 0.2) is 0 Å². The van der Waals surface area contributed by atoms with Crippen molar-refractivity contribution in [3.63, 3.8) is 0 Å². The largest absolute Gasteiger partial charge is 0.450 e. The van der Waals surface area contributed by atoms with Gasteiger partial charge < -0.3 is 9.64 Å². The summed E-state index contributed by atoms with van der Waals surface area (Å²) in [7, 11) is 4.05. The van der Waals surface area contributed by atoms with Gasteiger partial charge in [0.25, 0.3) is 0 Å². The van der Waals surface area contributed by atoms with Gasteiger partial charge in [0.05, 0.1) is 5.56 Å². The molecule has 0 radical (unpaired) electrons. The van der Waals surface area contributed by atoms with Gasteiger partial charge in [0, 0.05) is 23.9 Å². The summed E-state index contributed by atoms with van der Waals surface area (Å²) in [5, 5.41) is 0.677. The van der Waals surface area contributed by atoms with E-state index in [1.165, 1.54) is 0 Å². The zero-order chi connectivity index (χ0) is 17.3. The van der Waals surface area contributed by atoms with Gasteiger partial charge in [-0.1, -0.05) is 48.9 Å². The summed E-state index contributed by atoms with van der Waals surface area (Å²) in [5.74, 6) is -0.190. The fourth-order valence-corrected chi connectivity index (χ4v) is 3.59. The van der Waals surface area contributed by atoms with Gasteiger partial charge in [-0.2, -0.15) is 0 Å². The third kappa shape index (κ3) is 3.69. The van der Waals surface area contributed by atoms with Crippen molar-refractivity contribution in [1.82, 2.24) is 4.90 Å². The van der Waals surface area contributed by atoms with Crippen molar-refractivity contribution >= 4 is 30.0 Å². The van der Waals surface area contributed by atoms with E-state index in [1.54, 1.807) is 0 Å². The Labute approximate surface area is 160 Å². The molecule has 2 unspecified atom stereocenters. The Morgan fingerprint density at radius 2 is 1.76 bits per heavy atom. The zero-order valence-corrected chi connectivity index (χ0v) is 16.2. The van der Waals surface area contributed by atoms with Gasteiger partial charge in [-0.05, 0) is 43.4 Å². The first-order valence-corrected chi connectivity index (χ1v) is 8.55. The molecular weight excluding hydrogens is 357 g/mol. The van der Waals surface area contributed by atoms with Crippen LogP contribution in [0.25, 0.3) is 0 Å². The summed E-state index contributed by atoms with van der Waals surface area (Å²) in [6.07, 6.45) is 0.725. The number of benzene rings is 2. The van der Waals surface area contributed by atoms with E-state index in [4.69, 9.17) is 16.3 Å². The first-order valence-electron chi connectivity index (χ1n) is 8.17. The van der Waals surface area contributed by atoms with Crippen LogP contribution >= 0.6 is 24.0 Å². The molecule has 3 rings (SSSR count). The number of carbonyl (C=O) groups excluding carboxylic acids is 1. The van der Waals surface area contributed by atoms with Crippen molar-refractivity contribution in [3.05, 3.63) is 70.2 Å². The van der Waals surface area contributed by atoms with Crippen molar-refractivity contribution in [3.8, 4) is 0 Å². The van der Waals surface area contributed by atoms with Gasteiger partial charge >= 0.3 is 5.97 Å². The van der Waals surface area contributed by atoms with Crippen LogP contribution < -0.4 is 0 Å². The van der Waals surface area contributed by atoms with Crippen molar-refractivity contribution in [2.75, 3.05) is 20.6 Å². The average molecular weight is 380 g/mol. The number of nitrogens with zero attached hydrogens (tertiary/aromatic N) is 1. The molecule has 1 aliphatic rings. The Morgan fingerprint density at radius 1 is 1.12 bits per heavy atom. The monoisotopic (exact) mass is 379 g/mol. The standard InChI is InChI=1S/C20H22ClNO2.ClH/c1-14-17-6-4-5-7-18(17)19(23)24-20(14,12-13-22(2)3)15-8-10-16(21)11-9-15;/h4-11,14H,12-13H2,1-3H3;1H. The third-order valence-corrected chi connectivity index (χ3v) is 5.14. The van der Waals surface area contributed by atoms with Crippen LogP contribution in [-0.4, -0.2) is 31.5 Å². The number of hydrogen-bond donors (Lipinski definition) is 0. The normalized spacial score (nSPS) is 22.1. The molecule has 0 amide bonds. The van der Waals surface area contributed by atoms with Crippen molar-refractivity contribution in [2.45, 2.75) is 24.9 Å². The molecule has 0 saturated heterocycles. The number of cyclic esters (lactones) is 1. The molecule has 2 atom stereocenters. The highest BCUT2D eigenvalue weighted by atomic mass is 35.5. The second-order valence-corrected chi connectivity index (χ2v) is 7.08. The molecule has 3 nitrogen and oxygen atoms in total. The maximum Gasteiger partial charge on any atom is 0.339 e. The van der Waals surface area contributed by atoms with Crippen LogP contribution in [0.15, 0.2) is 48.5 Å². The molecule has 2 aromatic rings. The lowest BCUT2D eigenvalue weighted by molar-refractivity contribution is -0.0497. The summed E-state index contributed by atoms with van der Waals surface area (Å²) in [6.45, 7) is 2.96. The minimum atomic E-state index is -0.680. The summed E-state index contributed by atoms with van der Waals surface area (Å²) in [5.41, 5.74) is 2.02. The first-order chi connectivity index (χ1) is 11.4. The van der Waals surface area contributed by atoms with Gasteiger partial charge in [-0.25, -0.2) is 4.79 Å². The lowest BCUT2D eigenvalue weighted by atomic mass is 9.73. The number of rotatable bonds is 4. The molecule has 0 aromatic heterocycles. The number of hydrogen-bond acceptors (Lipinski definition) is 3. The Balaban J connectivity index is 0.00000225. The molecule has 0 N–H and O–H groups in total. The van der Waals surface area contributed by atoms with E-state index >= 15 is 0 Å². The fourth-order valence-electron chi connectivity index (χ4n) is 3.46. The maximum atomic E-state index is 12.7. The summed E-state index contributed by atoms with van der Waals surface area (Å²) >= 11 is 6.05. The molecule has 0 bridgehead atoms. The van der Waals surface area contributed by atoms with E-state index in [-0.39, 0.29) is 24.3 Å². The minimum Gasteiger partial charge on any atom is -0.450 e. The highest BCUT2D eigenvalue weighted by Crippen LogP contribution is 2.48. The minimum absolute atomic E-state index is 0. The van der Waals surface area contributed by atoms with E-state index in [9.17, 15) is 4.79 Å². The van der Waals surface area contributed by atoms with E-state index in [0.717, 1.165) is 24.1 Å². The second kappa shape index (κ2) is 7.77. The Hall–Kier alpha value is -1.55. The molecule has 1 heterocycles. The number of halogens is 2. The van der Waals surface area contributed by atoms with Gasteiger partial charge in [-0.3, -0.25) is 0 Å². The number of esters is 1. The molecular formula is C20H23Cl2NO2. The van der Waals surface area contributed by atoms with Gasteiger partial charge in [0.2, 0.25) is 0 Å². The van der Waals surface area contributed by atoms with Crippen LogP contribution in [0.4, 0.5) is 0 Å².